The lowest BCUT2D eigenvalue weighted by Gasteiger charge is -2.26. The molecular weight excluding hydrogens is 256 g/mol. The van der Waals surface area contributed by atoms with Gasteiger partial charge in [-0.15, -0.1) is 0 Å². The van der Waals surface area contributed by atoms with Gasteiger partial charge >= 0.3 is 6.03 Å². The highest BCUT2D eigenvalue weighted by atomic mass is 16.5. The summed E-state index contributed by atoms with van der Waals surface area (Å²) in [6, 6.07) is 0.0455. The zero-order valence-electron chi connectivity index (χ0n) is 12.9. The number of likely N-dealkylation sites (tertiary alicyclic amines) is 1. The molecule has 2 amide bonds. The van der Waals surface area contributed by atoms with Gasteiger partial charge in [-0.25, -0.2) is 4.79 Å². The van der Waals surface area contributed by atoms with Crippen molar-refractivity contribution in [1.29, 1.82) is 0 Å². The molecule has 20 heavy (non-hydrogen) atoms. The molecule has 118 valence electrons. The first-order valence-corrected chi connectivity index (χ1v) is 8.03. The summed E-state index contributed by atoms with van der Waals surface area (Å²) in [5, 5.41) is 2.89. The van der Waals surface area contributed by atoms with Crippen molar-refractivity contribution in [2.45, 2.75) is 45.4 Å². The van der Waals surface area contributed by atoms with Crippen LogP contribution in [0, 0.1) is 0 Å². The summed E-state index contributed by atoms with van der Waals surface area (Å²) in [6.07, 6.45) is 7.06. The van der Waals surface area contributed by atoms with Crippen LogP contribution in [-0.4, -0.2) is 57.0 Å². The van der Waals surface area contributed by atoms with Crippen molar-refractivity contribution in [2.75, 3.05) is 46.1 Å². The largest absolute Gasteiger partial charge is 0.379 e. The zero-order chi connectivity index (χ0) is 14.5. The van der Waals surface area contributed by atoms with Crippen molar-refractivity contribution < 1.29 is 14.3 Å². The predicted molar refractivity (Wildman–Crippen MR) is 80.0 cm³/mol. The molecule has 0 spiro atoms. The van der Waals surface area contributed by atoms with Gasteiger partial charge < -0.3 is 19.7 Å². The van der Waals surface area contributed by atoms with Crippen LogP contribution in [0.4, 0.5) is 4.79 Å². The SMILES string of the molecule is CCCCCOCCOCCNC(=O)N1CCCCC1. The van der Waals surface area contributed by atoms with Crippen LogP contribution in [0.1, 0.15) is 45.4 Å². The number of amides is 2. The highest BCUT2D eigenvalue weighted by molar-refractivity contribution is 5.74. The Labute approximate surface area is 123 Å². The Hall–Kier alpha value is -0.810. The third-order valence-electron chi connectivity index (χ3n) is 3.43. The fraction of sp³-hybridized carbons (Fsp3) is 0.933. The number of nitrogens with one attached hydrogen (secondary N) is 1. The van der Waals surface area contributed by atoms with Crippen LogP contribution >= 0.6 is 0 Å². The van der Waals surface area contributed by atoms with Crippen molar-refractivity contribution in [3.8, 4) is 0 Å². The van der Waals surface area contributed by atoms with Gasteiger partial charge in [0.2, 0.25) is 0 Å². The molecule has 5 heteroatoms. The Kier molecular flexibility index (Phi) is 10.3. The Morgan fingerprint density at radius 3 is 2.40 bits per heavy atom. The highest BCUT2D eigenvalue weighted by Crippen LogP contribution is 2.08. The Bertz CT molecular complexity index is 243. The maximum atomic E-state index is 11.8. The van der Waals surface area contributed by atoms with E-state index >= 15 is 0 Å². The number of rotatable bonds is 10. The summed E-state index contributed by atoms with van der Waals surface area (Å²) in [4.78, 5) is 13.7. The minimum Gasteiger partial charge on any atom is -0.379 e. The lowest BCUT2D eigenvalue weighted by atomic mass is 10.1. The van der Waals surface area contributed by atoms with Gasteiger partial charge in [0.1, 0.15) is 0 Å². The minimum atomic E-state index is 0.0455. The van der Waals surface area contributed by atoms with Crippen LogP contribution < -0.4 is 5.32 Å². The van der Waals surface area contributed by atoms with Crippen LogP contribution in [0.5, 0.6) is 0 Å². The number of carbonyl (C=O) groups is 1. The molecule has 0 bridgehead atoms. The van der Waals surface area contributed by atoms with E-state index in [1.807, 2.05) is 4.90 Å². The quantitative estimate of drug-likeness (QED) is 0.627. The summed E-state index contributed by atoms with van der Waals surface area (Å²) in [5.74, 6) is 0. The molecule has 0 atom stereocenters. The van der Waals surface area contributed by atoms with E-state index in [1.165, 1.54) is 19.3 Å². The zero-order valence-corrected chi connectivity index (χ0v) is 12.9. The van der Waals surface area contributed by atoms with Crippen molar-refractivity contribution in [1.82, 2.24) is 10.2 Å². The van der Waals surface area contributed by atoms with Crippen LogP contribution in [0.2, 0.25) is 0 Å². The molecule has 1 aliphatic heterocycles. The van der Waals surface area contributed by atoms with Gasteiger partial charge in [-0.3, -0.25) is 0 Å². The number of piperidine rings is 1. The molecule has 1 heterocycles. The second kappa shape index (κ2) is 12.0. The molecule has 1 N–H and O–H groups in total. The molecule has 0 aliphatic carbocycles. The van der Waals surface area contributed by atoms with Gasteiger partial charge in [-0.05, 0) is 25.7 Å². The molecule has 5 nitrogen and oxygen atoms in total. The van der Waals surface area contributed by atoms with Gasteiger partial charge in [0.25, 0.3) is 0 Å². The number of carbonyl (C=O) groups excluding carboxylic acids is 1. The van der Waals surface area contributed by atoms with E-state index in [9.17, 15) is 4.79 Å². The van der Waals surface area contributed by atoms with E-state index < -0.39 is 0 Å². The number of unbranched alkanes of at least 4 members (excludes halogenated alkanes) is 2. The number of hydrogen-bond acceptors (Lipinski definition) is 3. The molecule has 0 unspecified atom stereocenters. The smallest absolute Gasteiger partial charge is 0.317 e. The summed E-state index contributed by atoms with van der Waals surface area (Å²) >= 11 is 0. The molecule has 0 radical (unpaired) electrons. The number of nitrogens with zero attached hydrogens (tertiary/aromatic N) is 1. The van der Waals surface area contributed by atoms with Gasteiger partial charge in [-0.1, -0.05) is 19.8 Å². The van der Waals surface area contributed by atoms with Gasteiger partial charge in [0.15, 0.2) is 0 Å². The average Bonchev–Trinajstić information content (AvgIpc) is 2.50. The van der Waals surface area contributed by atoms with E-state index in [2.05, 4.69) is 12.2 Å². The second-order valence-corrected chi connectivity index (χ2v) is 5.21. The van der Waals surface area contributed by atoms with E-state index in [0.29, 0.717) is 26.4 Å². The molecule has 0 aromatic rings. The molecule has 0 aromatic carbocycles. The number of ether oxygens (including phenoxy) is 2. The number of hydrogen-bond donors (Lipinski definition) is 1. The monoisotopic (exact) mass is 286 g/mol. The van der Waals surface area contributed by atoms with Gasteiger partial charge in [0.05, 0.1) is 19.8 Å². The van der Waals surface area contributed by atoms with Crippen molar-refractivity contribution in [3.63, 3.8) is 0 Å². The maximum Gasteiger partial charge on any atom is 0.317 e. The average molecular weight is 286 g/mol. The van der Waals surface area contributed by atoms with Gasteiger partial charge in [-0.2, -0.15) is 0 Å². The standard InChI is InChI=1S/C15H30N2O3/c1-2-3-7-11-19-13-14-20-12-8-16-15(18)17-9-5-4-6-10-17/h2-14H2,1H3,(H,16,18). The van der Waals surface area contributed by atoms with E-state index in [0.717, 1.165) is 39.0 Å². The topological polar surface area (TPSA) is 50.8 Å². The Morgan fingerprint density at radius 2 is 1.70 bits per heavy atom. The lowest BCUT2D eigenvalue weighted by Crippen LogP contribution is -2.43. The van der Waals surface area contributed by atoms with Crippen molar-refractivity contribution in [2.24, 2.45) is 0 Å². The Balaban J connectivity index is 1.83. The fourth-order valence-corrected chi connectivity index (χ4v) is 2.22. The highest BCUT2D eigenvalue weighted by Gasteiger charge is 2.15. The molecule has 1 fully saturated rings. The molecule has 1 rings (SSSR count). The third-order valence-corrected chi connectivity index (χ3v) is 3.43. The van der Waals surface area contributed by atoms with Crippen molar-refractivity contribution in [3.05, 3.63) is 0 Å². The lowest BCUT2D eigenvalue weighted by molar-refractivity contribution is 0.0476. The first kappa shape index (κ1) is 17.2. The number of urea groups is 1. The second-order valence-electron chi connectivity index (χ2n) is 5.21. The summed E-state index contributed by atoms with van der Waals surface area (Å²) in [7, 11) is 0. The maximum absolute atomic E-state index is 11.8. The fourth-order valence-electron chi connectivity index (χ4n) is 2.22. The molecule has 1 aliphatic rings. The third kappa shape index (κ3) is 8.38. The Morgan fingerprint density at radius 1 is 1.00 bits per heavy atom. The van der Waals surface area contributed by atoms with Gasteiger partial charge in [0, 0.05) is 26.2 Å². The van der Waals surface area contributed by atoms with E-state index in [1.54, 1.807) is 0 Å². The summed E-state index contributed by atoms with van der Waals surface area (Å²) in [5.41, 5.74) is 0. The normalized spacial score (nSPS) is 15.3. The molecule has 0 saturated carbocycles. The van der Waals surface area contributed by atoms with E-state index in [-0.39, 0.29) is 6.03 Å². The first-order chi connectivity index (χ1) is 9.84. The van der Waals surface area contributed by atoms with Crippen LogP contribution in [0.25, 0.3) is 0 Å². The van der Waals surface area contributed by atoms with Crippen LogP contribution in [0.15, 0.2) is 0 Å². The van der Waals surface area contributed by atoms with Crippen LogP contribution in [0.3, 0.4) is 0 Å². The molecule has 1 saturated heterocycles. The molecule has 0 aromatic heterocycles. The first-order valence-electron chi connectivity index (χ1n) is 8.03. The minimum absolute atomic E-state index is 0.0455. The molecular formula is C15H30N2O3. The summed E-state index contributed by atoms with van der Waals surface area (Å²) < 4.78 is 10.9. The summed E-state index contributed by atoms with van der Waals surface area (Å²) in [6.45, 7) is 7.15. The predicted octanol–water partition coefficient (Wildman–Crippen LogP) is 2.41. The van der Waals surface area contributed by atoms with Crippen molar-refractivity contribution >= 4 is 6.03 Å². The van der Waals surface area contributed by atoms with Crippen LogP contribution in [-0.2, 0) is 9.47 Å². The van der Waals surface area contributed by atoms with E-state index in [4.69, 9.17) is 9.47 Å².